The summed E-state index contributed by atoms with van der Waals surface area (Å²) >= 11 is 15.3. The quantitative estimate of drug-likeness (QED) is 0.764. The van der Waals surface area contributed by atoms with Crippen molar-refractivity contribution in [2.24, 2.45) is 5.41 Å². The molecule has 1 aromatic carbocycles. The van der Waals surface area contributed by atoms with E-state index in [0.29, 0.717) is 17.6 Å². The highest BCUT2D eigenvalue weighted by atomic mass is 79.9. The van der Waals surface area contributed by atoms with Crippen LogP contribution in [0.3, 0.4) is 0 Å². The Hall–Kier alpha value is 0.190. The average Bonchev–Trinajstić information content (AvgIpc) is 2.57. The predicted octanol–water partition coefficient (Wildman–Crippen LogP) is 4.18. The van der Waals surface area contributed by atoms with Crippen molar-refractivity contribution in [2.45, 2.75) is 25.2 Å². The number of rotatable bonds is 2. The number of hydrogen-bond acceptors (Lipinski definition) is 2. The van der Waals surface area contributed by atoms with Crippen LogP contribution in [0.1, 0.15) is 20.3 Å². The van der Waals surface area contributed by atoms with Gasteiger partial charge in [-0.3, -0.25) is 0 Å². The smallest absolute Gasteiger partial charge is 0.207 e. The van der Waals surface area contributed by atoms with Gasteiger partial charge in [0.2, 0.25) is 10.0 Å². The van der Waals surface area contributed by atoms with Gasteiger partial charge < -0.3 is 0 Å². The Morgan fingerprint density at radius 1 is 1.26 bits per heavy atom. The lowest BCUT2D eigenvalue weighted by atomic mass is 9.93. The molecule has 0 aliphatic carbocycles. The molecule has 1 aromatic rings. The standard InChI is InChI=1S/C12H14BrCl2NO2S/c1-12(2)3-4-16(7-12)19(17,18)11-9(14)5-8(13)6-10(11)15/h5-6H,3-4,7H2,1-2H3. The van der Waals surface area contributed by atoms with Crippen LogP contribution in [0.4, 0.5) is 0 Å². The summed E-state index contributed by atoms with van der Waals surface area (Å²) in [5.41, 5.74) is -0.0125. The molecular weight excluding hydrogens is 373 g/mol. The summed E-state index contributed by atoms with van der Waals surface area (Å²) in [5, 5.41) is 0.285. The molecule has 0 atom stereocenters. The van der Waals surface area contributed by atoms with Crippen LogP contribution in [-0.2, 0) is 10.0 Å². The molecule has 0 bridgehead atoms. The van der Waals surface area contributed by atoms with Gasteiger partial charge >= 0.3 is 0 Å². The minimum atomic E-state index is -3.64. The number of hydrogen-bond donors (Lipinski definition) is 0. The summed E-state index contributed by atoms with van der Waals surface area (Å²) in [5.74, 6) is 0. The lowest BCUT2D eigenvalue weighted by Crippen LogP contribution is -2.30. The summed E-state index contributed by atoms with van der Waals surface area (Å²) < 4.78 is 27.3. The highest BCUT2D eigenvalue weighted by molar-refractivity contribution is 9.10. The van der Waals surface area contributed by atoms with Crippen molar-refractivity contribution in [2.75, 3.05) is 13.1 Å². The largest absolute Gasteiger partial charge is 0.246 e. The van der Waals surface area contributed by atoms with Gasteiger partial charge in [0.05, 0.1) is 10.0 Å². The molecule has 0 unspecified atom stereocenters. The van der Waals surface area contributed by atoms with Crippen molar-refractivity contribution in [1.82, 2.24) is 4.31 Å². The molecule has 0 N–H and O–H groups in total. The lowest BCUT2D eigenvalue weighted by molar-refractivity contribution is 0.375. The van der Waals surface area contributed by atoms with Gasteiger partial charge in [-0.1, -0.05) is 53.0 Å². The fourth-order valence-corrected chi connectivity index (χ4v) is 5.69. The SMILES string of the molecule is CC1(C)CCN(S(=O)(=O)c2c(Cl)cc(Br)cc2Cl)C1. The molecule has 1 fully saturated rings. The Kier molecular flexibility index (Phi) is 4.25. The zero-order chi connectivity index (χ0) is 14.4. The summed E-state index contributed by atoms with van der Waals surface area (Å²) in [4.78, 5) is -0.00302. The topological polar surface area (TPSA) is 37.4 Å². The van der Waals surface area contributed by atoms with Crippen LogP contribution in [0, 0.1) is 5.41 Å². The number of halogens is 3. The molecule has 3 nitrogen and oxygen atoms in total. The molecule has 0 saturated carbocycles. The third-order valence-corrected chi connectivity index (χ3v) is 6.43. The Bertz CT molecular complexity index is 593. The summed E-state index contributed by atoms with van der Waals surface area (Å²) in [6, 6.07) is 3.09. The molecule has 1 saturated heterocycles. The Morgan fingerprint density at radius 2 is 1.79 bits per heavy atom. The van der Waals surface area contributed by atoms with E-state index in [1.54, 1.807) is 12.1 Å². The first-order chi connectivity index (χ1) is 8.63. The van der Waals surface area contributed by atoms with Gasteiger partial charge in [0.1, 0.15) is 4.90 Å². The van der Waals surface area contributed by atoms with Gasteiger partial charge in [-0.2, -0.15) is 4.31 Å². The molecule has 106 valence electrons. The molecule has 1 heterocycles. The van der Waals surface area contributed by atoms with E-state index in [1.807, 2.05) is 13.8 Å². The van der Waals surface area contributed by atoms with Crippen LogP contribution in [0.15, 0.2) is 21.5 Å². The molecule has 0 aromatic heterocycles. The zero-order valence-electron chi connectivity index (χ0n) is 10.6. The van der Waals surface area contributed by atoms with Crippen molar-refractivity contribution in [3.05, 3.63) is 26.7 Å². The molecule has 2 rings (SSSR count). The third kappa shape index (κ3) is 3.10. The zero-order valence-corrected chi connectivity index (χ0v) is 14.5. The molecule has 7 heteroatoms. The van der Waals surface area contributed by atoms with Crippen molar-refractivity contribution < 1.29 is 8.42 Å². The summed E-state index contributed by atoms with van der Waals surface area (Å²) in [6.45, 7) is 5.08. The van der Waals surface area contributed by atoms with Gasteiger partial charge in [0, 0.05) is 17.6 Å². The molecule has 19 heavy (non-hydrogen) atoms. The number of nitrogens with zero attached hydrogens (tertiary/aromatic N) is 1. The molecule has 0 spiro atoms. The molecule has 0 amide bonds. The van der Waals surface area contributed by atoms with Gasteiger partial charge in [-0.15, -0.1) is 0 Å². The number of benzene rings is 1. The van der Waals surface area contributed by atoms with E-state index < -0.39 is 10.0 Å². The lowest BCUT2D eigenvalue weighted by Gasteiger charge is -2.21. The van der Waals surface area contributed by atoms with Crippen LogP contribution < -0.4 is 0 Å². The van der Waals surface area contributed by atoms with Crippen molar-refractivity contribution in [3.63, 3.8) is 0 Å². The van der Waals surface area contributed by atoms with E-state index in [4.69, 9.17) is 23.2 Å². The minimum absolute atomic E-state index is 0.00302. The molecule has 1 aliphatic heterocycles. The highest BCUT2D eigenvalue weighted by Gasteiger charge is 2.38. The van der Waals surface area contributed by atoms with Crippen molar-refractivity contribution in [3.8, 4) is 0 Å². The second-order valence-corrected chi connectivity index (χ2v) is 9.06. The molecule has 1 aliphatic rings. The fraction of sp³-hybridized carbons (Fsp3) is 0.500. The normalized spacial score (nSPS) is 19.8. The van der Waals surface area contributed by atoms with E-state index >= 15 is 0 Å². The van der Waals surface area contributed by atoms with Crippen molar-refractivity contribution >= 4 is 49.2 Å². The van der Waals surface area contributed by atoms with Crippen LogP contribution >= 0.6 is 39.1 Å². The predicted molar refractivity (Wildman–Crippen MR) is 81.3 cm³/mol. The maximum Gasteiger partial charge on any atom is 0.246 e. The second-order valence-electron chi connectivity index (χ2n) is 5.45. The van der Waals surface area contributed by atoms with E-state index in [9.17, 15) is 8.42 Å². The van der Waals surface area contributed by atoms with Crippen LogP contribution in [0.5, 0.6) is 0 Å². The first-order valence-electron chi connectivity index (χ1n) is 5.78. The third-order valence-electron chi connectivity index (χ3n) is 3.20. The van der Waals surface area contributed by atoms with Crippen LogP contribution in [-0.4, -0.2) is 25.8 Å². The monoisotopic (exact) mass is 385 g/mol. The van der Waals surface area contributed by atoms with Gasteiger partial charge in [0.25, 0.3) is 0 Å². The van der Waals surface area contributed by atoms with E-state index in [0.717, 1.165) is 6.42 Å². The van der Waals surface area contributed by atoms with Crippen LogP contribution in [0.25, 0.3) is 0 Å². The first-order valence-corrected chi connectivity index (χ1v) is 8.77. The average molecular weight is 387 g/mol. The fourth-order valence-electron chi connectivity index (χ4n) is 2.17. The summed E-state index contributed by atoms with van der Waals surface area (Å²) in [7, 11) is -3.64. The maximum atomic E-state index is 12.6. The maximum absolute atomic E-state index is 12.6. The van der Waals surface area contributed by atoms with Crippen LogP contribution in [0.2, 0.25) is 10.0 Å². The summed E-state index contributed by atoms with van der Waals surface area (Å²) in [6.07, 6.45) is 0.831. The number of sulfonamides is 1. The van der Waals surface area contributed by atoms with E-state index in [1.165, 1.54) is 4.31 Å². The Labute approximate surface area is 132 Å². The van der Waals surface area contributed by atoms with Gasteiger partial charge in [-0.25, -0.2) is 8.42 Å². The van der Waals surface area contributed by atoms with E-state index in [-0.39, 0.29) is 20.4 Å². The Morgan fingerprint density at radius 3 is 2.21 bits per heavy atom. The second kappa shape index (κ2) is 5.19. The highest BCUT2D eigenvalue weighted by Crippen LogP contribution is 2.38. The molecule has 0 radical (unpaired) electrons. The van der Waals surface area contributed by atoms with Crippen molar-refractivity contribution in [1.29, 1.82) is 0 Å². The first kappa shape index (κ1) is 15.6. The van der Waals surface area contributed by atoms with Gasteiger partial charge in [0.15, 0.2) is 0 Å². The molecular formula is C12H14BrCl2NO2S. The van der Waals surface area contributed by atoms with E-state index in [2.05, 4.69) is 15.9 Å². The van der Waals surface area contributed by atoms with Gasteiger partial charge in [-0.05, 0) is 24.0 Å². The Balaban J connectivity index is 2.47. The minimum Gasteiger partial charge on any atom is -0.207 e.